The molecule has 170 valence electrons. The highest BCUT2D eigenvalue weighted by atomic mass is 32.2. The number of aliphatic hydroxyl groups is 1. The highest BCUT2D eigenvalue weighted by Crippen LogP contribution is 2.34. The van der Waals surface area contributed by atoms with Crippen molar-refractivity contribution in [3.05, 3.63) is 44.7 Å². The number of thiocarbonyl (C=S) groups is 1. The summed E-state index contributed by atoms with van der Waals surface area (Å²) in [7, 11) is 0. The number of carbonyl (C=O) groups excluding carboxylic acids is 1. The summed E-state index contributed by atoms with van der Waals surface area (Å²) in [5, 5.41) is 9.23. The number of aliphatic hydroxyl groups excluding tert-OH is 1. The Labute approximate surface area is 196 Å². The summed E-state index contributed by atoms with van der Waals surface area (Å²) in [6.07, 6.45) is 3.36. The van der Waals surface area contributed by atoms with Crippen molar-refractivity contribution in [2.75, 3.05) is 44.2 Å². The number of hydrogen-bond acceptors (Lipinski definition) is 8. The maximum absolute atomic E-state index is 13.5. The zero-order chi connectivity index (χ0) is 23.0. The van der Waals surface area contributed by atoms with E-state index < -0.39 is 0 Å². The van der Waals surface area contributed by atoms with Gasteiger partial charge in [-0.1, -0.05) is 30.0 Å². The predicted octanol–water partition coefficient (Wildman–Crippen LogP) is 1.73. The Morgan fingerprint density at radius 3 is 2.59 bits per heavy atom. The molecule has 2 saturated heterocycles. The van der Waals surface area contributed by atoms with Crippen LogP contribution in [0.4, 0.5) is 5.82 Å². The van der Waals surface area contributed by atoms with Crippen molar-refractivity contribution < 1.29 is 9.90 Å². The summed E-state index contributed by atoms with van der Waals surface area (Å²) >= 11 is 6.62. The van der Waals surface area contributed by atoms with Crippen molar-refractivity contribution in [3.8, 4) is 0 Å². The fraction of sp³-hybridized carbons (Fsp3) is 0.455. The normalized spacial score (nSPS) is 19.2. The fourth-order valence-corrected chi connectivity index (χ4v) is 5.55. The van der Waals surface area contributed by atoms with Crippen LogP contribution in [-0.2, 0) is 4.79 Å². The zero-order valence-electron chi connectivity index (χ0n) is 18.4. The third-order valence-electron chi connectivity index (χ3n) is 5.77. The van der Waals surface area contributed by atoms with Gasteiger partial charge in [-0.05, 0) is 38.5 Å². The summed E-state index contributed by atoms with van der Waals surface area (Å²) in [5.74, 6) is 0.408. The number of aromatic nitrogens is 2. The van der Waals surface area contributed by atoms with E-state index in [-0.39, 0.29) is 24.1 Å². The Morgan fingerprint density at radius 1 is 1.25 bits per heavy atom. The number of nitrogens with zero attached hydrogens (tertiary/aromatic N) is 5. The fourth-order valence-electron chi connectivity index (χ4n) is 4.05. The Hall–Kier alpha value is -2.27. The molecule has 0 saturated carbocycles. The smallest absolute Gasteiger partial charge is 0.267 e. The van der Waals surface area contributed by atoms with E-state index in [2.05, 4.69) is 9.80 Å². The molecule has 2 aromatic rings. The van der Waals surface area contributed by atoms with Gasteiger partial charge in [0, 0.05) is 45.0 Å². The lowest BCUT2D eigenvalue weighted by atomic mass is 10.2. The third kappa shape index (κ3) is 4.19. The highest BCUT2D eigenvalue weighted by Gasteiger charge is 2.34. The molecule has 0 unspecified atom stereocenters. The van der Waals surface area contributed by atoms with Crippen molar-refractivity contribution in [2.45, 2.75) is 26.8 Å². The summed E-state index contributed by atoms with van der Waals surface area (Å²) in [5.41, 5.74) is 1.70. The maximum atomic E-state index is 13.5. The molecule has 0 aliphatic carbocycles. The number of hydrogen-bond donors (Lipinski definition) is 1. The van der Waals surface area contributed by atoms with Crippen LogP contribution >= 0.6 is 24.0 Å². The number of anilines is 1. The molecule has 0 radical (unpaired) electrons. The second-order valence-electron chi connectivity index (χ2n) is 8.24. The Balaban J connectivity index is 1.82. The molecule has 8 nitrogen and oxygen atoms in total. The van der Waals surface area contributed by atoms with Crippen molar-refractivity contribution in [1.82, 2.24) is 19.2 Å². The van der Waals surface area contributed by atoms with E-state index in [0.717, 1.165) is 18.7 Å². The van der Waals surface area contributed by atoms with Crippen molar-refractivity contribution in [1.29, 1.82) is 0 Å². The minimum absolute atomic E-state index is 0.0500. The van der Waals surface area contributed by atoms with Gasteiger partial charge < -0.3 is 10.0 Å². The minimum Gasteiger partial charge on any atom is -0.395 e. The lowest BCUT2D eigenvalue weighted by Crippen LogP contribution is -2.48. The van der Waals surface area contributed by atoms with E-state index in [0.29, 0.717) is 45.9 Å². The second-order valence-corrected chi connectivity index (χ2v) is 9.91. The first-order chi connectivity index (χ1) is 15.3. The highest BCUT2D eigenvalue weighted by molar-refractivity contribution is 8.26. The van der Waals surface area contributed by atoms with Crippen LogP contribution < -0.4 is 10.5 Å². The summed E-state index contributed by atoms with van der Waals surface area (Å²) in [6, 6.07) is 3.70. The van der Waals surface area contributed by atoms with Crippen LogP contribution in [0.25, 0.3) is 11.7 Å². The van der Waals surface area contributed by atoms with Crippen LogP contribution in [0.2, 0.25) is 0 Å². The van der Waals surface area contributed by atoms with Gasteiger partial charge in [0.25, 0.3) is 11.5 Å². The van der Waals surface area contributed by atoms with Crippen LogP contribution in [0.1, 0.15) is 25.0 Å². The molecular weight excluding hydrogens is 446 g/mol. The molecule has 0 bridgehead atoms. The molecule has 4 rings (SSSR count). The number of aryl methyl sites for hydroxylation is 1. The molecule has 2 fully saturated rings. The number of β-amino-alcohol motifs (C(OH)–C–C–N with tert-alkyl or cyclic N) is 1. The van der Waals surface area contributed by atoms with Crippen molar-refractivity contribution in [3.63, 3.8) is 0 Å². The standard InChI is InChI=1S/C22H27N5O3S2/c1-14(2)27-21(30)17(32-22(27)31)13-16-19(25-9-7-24(8-10-25)11-12-28)23-18-15(3)5-4-6-26(18)20(16)29/h4-6,13-14,28H,7-12H2,1-3H3/b17-13-. The number of thioether (sulfide) groups is 1. The number of fused-ring (bicyclic) bond motifs is 1. The molecule has 0 aromatic carbocycles. The second kappa shape index (κ2) is 9.30. The van der Waals surface area contributed by atoms with E-state index in [1.807, 2.05) is 32.9 Å². The summed E-state index contributed by atoms with van der Waals surface area (Å²) in [4.78, 5) is 37.7. The quantitative estimate of drug-likeness (QED) is 0.520. The molecule has 32 heavy (non-hydrogen) atoms. The SMILES string of the molecule is Cc1cccn2c(=O)c(/C=C3\SC(=S)N(C(C)C)C3=O)c(N3CCN(CCO)CC3)nc12. The van der Waals surface area contributed by atoms with Gasteiger partial charge in [0.1, 0.15) is 15.8 Å². The first kappa shape index (κ1) is 22.9. The first-order valence-electron chi connectivity index (χ1n) is 10.7. The summed E-state index contributed by atoms with van der Waals surface area (Å²) < 4.78 is 2.04. The van der Waals surface area contributed by atoms with Crippen LogP contribution in [0, 0.1) is 6.92 Å². The van der Waals surface area contributed by atoms with Gasteiger partial charge in [0.05, 0.1) is 17.1 Å². The van der Waals surface area contributed by atoms with Gasteiger partial charge in [-0.15, -0.1) is 0 Å². The Bertz CT molecular complexity index is 1150. The average Bonchev–Trinajstić information content (AvgIpc) is 3.04. The Kier molecular flexibility index (Phi) is 6.66. The molecule has 1 N–H and O–H groups in total. The number of amides is 1. The lowest BCUT2D eigenvalue weighted by Gasteiger charge is -2.35. The zero-order valence-corrected chi connectivity index (χ0v) is 20.1. The summed E-state index contributed by atoms with van der Waals surface area (Å²) in [6.45, 7) is 9.42. The predicted molar refractivity (Wildman–Crippen MR) is 132 cm³/mol. The van der Waals surface area contributed by atoms with Gasteiger partial charge in [0.2, 0.25) is 0 Å². The van der Waals surface area contributed by atoms with E-state index in [4.69, 9.17) is 17.2 Å². The van der Waals surface area contributed by atoms with Crippen LogP contribution in [0.15, 0.2) is 28.0 Å². The van der Waals surface area contributed by atoms with E-state index in [9.17, 15) is 14.7 Å². The number of rotatable bonds is 5. The molecule has 1 amide bonds. The van der Waals surface area contributed by atoms with E-state index in [1.165, 1.54) is 16.2 Å². The van der Waals surface area contributed by atoms with Crippen LogP contribution in [0.3, 0.4) is 0 Å². The largest absolute Gasteiger partial charge is 0.395 e. The molecule has 0 spiro atoms. The third-order valence-corrected chi connectivity index (χ3v) is 7.10. The Morgan fingerprint density at radius 2 is 1.97 bits per heavy atom. The van der Waals surface area contributed by atoms with Crippen molar-refractivity contribution >= 4 is 51.7 Å². The van der Waals surface area contributed by atoms with Crippen molar-refractivity contribution in [2.24, 2.45) is 0 Å². The van der Waals surface area contributed by atoms with E-state index in [1.54, 1.807) is 17.2 Å². The molecule has 2 aliphatic rings. The van der Waals surface area contributed by atoms with Gasteiger partial charge >= 0.3 is 0 Å². The lowest BCUT2D eigenvalue weighted by molar-refractivity contribution is -0.123. The number of pyridine rings is 1. The first-order valence-corrected chi connectivity index (χ1v) is 11.9. The molecule has 2 aromatic heterocycles. The number of carbonyl (C=O) groups is 1. The van der Waals surface area contributed by atoms with E-state index >= 15 is 0 Å². The monoisotopic (exact) mass is 473 g/mol. The van der Waals surface area contributed by atoms with Gasteiger partial charge in [0.15, 0.2) is 0 Å². The molecule has 0 atom stereocenters. The van der Waals surface area contributed by atoms with Gasteiger partial charge in [-0.2, -0.15) is 0 Å². The van der Waals surface area contributed by atoms with Gasteiger partial charge in [-0.25, -0.2) is 4.98 Å². The maximum Gasteiger partial charge on any atom is 0.267 e. The van der Waals surface area contributed by atoms with Crippen LogP contribution in [-0.4, -0.2) is 79.9 Å². The molecule has 4 heterocycles. The topological polar surface area (TPSA) is 81.4 Å². The minimum atomic E-state index is -0.207. The van der Waals surface area contributed by atoms with Crippen LogP contribution in [0.5, 0.6) is 0 Å². The average molecular weight is 474 g/mol. The molecular formula is C22H27N5O3S2. The molecule has 2 aliphatic heterocycles. The molecule has 10 heteroatoms. The van der Waals surface area contributed by atoms with Gasteiger partial charge in [-0.3, -0.25) is 23.8 Å². The number of piperazine rings is 1.